The number of rotatable bonds is 3. The van der Waals surface area contributed by atoms with E-state index < -0.39 is 11.9 Å². The molecule has 4 nitrogen and oxygen atoms in total. The third-order valence-corrected chi connectivity index (χ3v) is 1.62. The first-order chi connectivity index (χ1) is 6.05. The fourth-order valence-corrected chi connectivity index (χ4v) is 1.14. The number of ether oxygens (including phenoxy) is 3. The number of carbonyl (C=O) groups excluding carboxylic acids is 1. The fraction of sp³-hybridized carbons (Fsp3) is 0.667. The van der Waals surface area contributed by atoms with Gasteiger partial charge in [0.1, 0.15) is 0 Å². The van der Waals surface area contributed by atoms with E-state index >= 15 is 0 Å². The lowest BCUT2D eigenvalue weighted by Gasteiger charge is -2.14. The summed E-state index contributed by atoms with van der Waals surface area (Å²) in [6.07, 6.45) is 3.23. The molecule has 1 fully saturated rings. The van der Waals surface area contributed by atoms with E-state index in [1.807, 2.05) is 0 Å². The van der Waals surface area contributed by atoms with Crippen LogP contribution in [0.3, 0.4) is 0 Å². The summed E-state index contributed by atoms with van der Waals surface area (Å²) in [6, 6.07) is 0. The van der Waals surface area contributed by atoms with Crippen molar-refractivity contribution in [2.45, 2.75) is 32.2 Å². The highest BCUT2D eigenvalue weighted by atomic mass is 16.8. The molecule has 74 valence electrons. The standard InChI is InChI=1S/C9H14O4/c1-9(2)12-7(8(10)13-9)5-4-6-11-3/h4,6-7H,5H2,1-3H3/b6-4+/t7-/m1/s1. The van der Waals surface area contributed by atoms with Gasteiger partial charge in [0, 0.05) is 20.3 Å². The van der Waals surface area contributed by atoms with E-state index in [4.69, 9.17) is 14.2 Å². The van der Waals surface area contributed by atoms with E-state index in [0.717, 1.165) is 0 Å². The highest BCUT2D eigenvalue weighted by Gasteiger charge is 2.40. The minimum atomic E-state index is -0.789. The summed E-state index contributed by atoms with van der Waals surface area (Å²) >= 11 is 0. The van der Waals surface area contributed by atoms with Gasteiger partial charge in [-0.1, -0.05) is 0 Å². The number of methoxy groups -OCH3 is 1. The van der Waals surface area contributed by atoms with Crippen LogP contribution in [0, 0.1) is 0 Å². The van der Waals surface area contributed by atoms with Gasteiger partial charge in [0.15, 0.2) is 6.10 Å². The molecule has 1 rings (SSSR count). The SMILES string of the molecule is CO/C=C/C[C@H]1OC(C)(C)OC1=O. The van der Waals surface area contributed by atoms with Gasteiger partial charge in [-0.3, -0.25) is 0 Å². The van der Waals surface area contributed by atoms with Gasteiger partial charge in [0.25, 0.3) is 0 Å². The molecule has 0 radical (unpaired) electrons. The molecule has 0 aromatic heterocycles. The van der Waals surface area contributed by atoms with Crippen molar-refractivity contribution >= 4 is 5.97 Å². The molecular formula is C9H14O4. The molecule has 0 aromatic rings. The third kappa shape index (κ3) is 2.73. The van der Waals surface area contributed by atoms with Crippen molar-refractivity contribution in [3.63, 3.8) is 0 Å². The number of carbonyl (C=O) groups is 1. The van der Waals surface area contributed by atoms with Gasteiger partial charge < -0.3 is 14.2 Å². The first-order valence-electron chi connectivity index (χ1n) is 4.13. The summed E-state index contributed by atoms with van der Waals surface area (Å²) in [4.78, 5) is 11.2. The molecule has 0 aromatic carbocycles. The Morgan fingerprint density at radius 1 is 1.62 bits per heavy atom. The predicted octanol–water partition coefficient (Wildman–Crippen LogP) is 1.21. The van der Waals surface area contributed by atoms with Gasteiger partial charge in [-0.05, 0) is 6.08 Å². The van der Waals surface area contributed by atoms with E-state index in [9.17, 15) is 4.79 Å². The Hall–Kier alpha value is -1.03. The Morgan fingerprint density at radius 3 is 2.77 bits per heavy atom. The Morgan fingerprint density at radius 2 is 2.31 bits per heavy atom. The van der Waals surface area contributed by atoms with Crippen molar-refractivity contribution in [3.05, 3.63) is 12.3 Å². The van der Waals surface area contributed by atoms with Gasteiger partial charge in [-0.15, -0.1) is 0 Å². The zero-order chi connectivity index (χ0) is 9.90. The zero-order valence-electron chi connectivity index (χ0n) is 8.07. The molecule has 0 amide bonds. The van der Waals surface area contributed by atoms with Crippen LogP contribution in [0.2, 0.25) is 0 Å². The maximum atomic E-state index is 11.2. The molecule has 0 bridgehead atoms. The highest BCUT2D eigenvalue weighted by Crippen LogP contribution is 2.25. The van der Waals surface area contributed by atoms with Crippen molar-refractivity contribution in [2.75, 3.05) is 7.11 Å². The Kier molecular flexibility index (Phi) is 2.93. The maximum Gasteiger partial charge on any atom is 0.338 e. The van der Waals surface area contributed by atoms with Crippen LogP contribution < -0.4 is 0 Å². The molecule has 0 saturated carbocycles. The summed E-state index contributed by atoms with van der Waals surface area (Å²) in [5.74, 6) is -1.10. The minimum Gasteiger partial charge on any atom is -0.505 e. The largest absolute Gasteiger partial charge is 0.505 e. The molecule has 0 unspecified atom stereocenters. The molecule has 0 spiro atoms. The molecular weight excluding hydrogens is 172 g/mol. The van der Waals surface area contributed by atoms with Crippen LogP contribution in [-0.4, -0.2) is 25.0 Å². The van der Waals surface area contributed by atoms with E-state index in [-0.39, 0.29) is 5.97 Å². The summed E-state index contributed by atoms with van der Waals surface area (Å²) in [5, 5.41) is 0. The molecule has 1 saturated heterocycles. The lowest BCUT2D eigenvalue weighted by molar-refractivity contribution is -0.160. The predicted molar refractivity (Wildman–Crippen MR) is 45.8 cm³/mol. The van der Waals surface area contributed by atoms with E-state index in [0.29, 0.717) is 6.42 Å². The Labute approximate surface area is 77.5 Å². The number of cyclic esters (lactones) is 1. The van der Waals surface area contributed by atoms with Crippen LogP contribution >= 0.6 is 0 Å². The quantitative estimate of drug-likeness (QED) is 0.491. The molecule has 0 N–H and O–H groups in total. The Balaban J connectivity index is 2.44. The lowest BCUT2D eigenvalue weighted by atomic mass is 10.2. The van der Waals surface area contributed by atoms with Gasteiger partial charge in [-0.2, -0.15) is 0 Å². The fourth-order valence-electron chi connectivity index (χ4n) is 1.14. The van der Waals surface area contributed by atoms with Gasteiger partial charge in [0.2, 0.25) is 5.79 Å². The third-order valence-electron chi connectivity index (χ3n) is 1.62. The van der Waals surface area contributed by atoms with Gasteiger partial charge in [-0.25, -0.2) is 4.79 Å². The van der Waals surface area contributed by atoms with Crippen molar-refractivity contribution < 1.29 is 19.0 Å². The van der Waals surface area contributed by atoms with Crippen LogP contribution in [0.1, 0.15) is 20.3 Å². The Bertz CT molecular complexity index is 220. The van der Waals surface area contributed by atoms with Crippen LogP contribution in [0.5, 0.6) is 0 Å². The smallest absolute Gasteiger partial charge is 0.338 e. The number of hydrogen-bond donors (Lipinski definition) is 0. The van der Waals surface area contributed by atoms with Crippen LogP contribution in [0.4, 0.5) is 0 Å². The van der Waals surface area contributed by atoms with Crippen molar-refractivity contribution in [3.8, 4) is 0 Å². The topological polar surface area (TPSA) is 44.8 Å². The maximum absolute atomic E-state index is 11.2. The van der Waals surface area contributed by atoms with Crippen LogP contribution in [-0.2, 0) is 19.0 Å². The van der Waals surface area contributed by atoms with Crippen LogP contribution in [0.15, 0.2) is 12.3 Å². The van der Waals surface area contributed by atoms with Crippen LogP contribution in [0.25, 0.3) is 0 Å². The molecule has 1 heterocycles. The molecule has 1 aliphatic rings. The van der Waals surface area contributed by atoms with Gasteiger partial charge >= 0.3 is 5.97 Å². The first-order valence-corrected chi connectivity index (χ1v) is 4.13. The van der Waals surface area contributed by atoms with E-state index in [1.54, 1.807) is 27.0 Å². The zero-order valence-corrected chi connectivity index (χ0v) is 8.07. The normalized spacial score (nSPS) is 26.4. The second-order valence-electron chi connectivity index (χ2n) is 3.27. The number of esters is 1. The first kappa shape index (κ1) is 10.1. The molecule has 1 atom stereocenters. The van der Waals surface area contributed by atoms with Crippen molar-refractivity contribution in [2.24, 2.45) is 0 Å². The summed E-state index contributed by atoms with van der Waals surface area (Å²) in [5.41, 5.74) is 0. The van der Waals surface area contributed by atoms with E-state index in [1.165, 1.54) is 6.26 Å². The monoisotopic (exact) mass is 186 g/mol. The van der Waals surface area contributed by atoms with Crippen molar-refractivity contribution in [1.29, 1.82) is 0 Å². The van der Waals surface area contributed by atoms with Gasteiger partial charge in [0.05, 0.1) is 13.4 Å². The average Bonchev–Trinajstić information content (AvgIpc) is 2.25. The second kappa shape index (κ2) is 3.79. The summed E-state index contributed by atoms with van der Waals surface area (Å²) < 4.78 is 15.0. The summed E-state index contributed by atoms with van der Waals surface area (Å²) in [6.45, 7) is 3.43. The average molecular weight is 186 g/mol. The lowest BCUT2D eigenvalue weighted by Crippen LogP contribution is -2.21. The molecule has 1 aliphatic heterocycles. The van der Waals surface area contributed by atoms with E-state index in [2.05, 4.69) is 0 Å². The molecule has 4 heteroatoms. The summed E-state index contributed by atoms with van der Waals surface area (Å²) in [7, 11) is 1.55. The minimum absolute atomic E-state index is 0.314. The van der Waals surface area contributed by atoms with Crippen molar-refractivity contribution in [1.82, 2.24) is 0 Å². The highest BCUT2D eigenvalue weighted by molar-refractivity contribution is 5.76. The molecule has 0 aliphatic carbocycles. The number of hydrogen-bond acceptors (Lipinski definition) is 4. The molecule has 13 heavy (non-hydrogen) atoms. The second-order valence-corrected chi connectivity index (χ2v) is 3.27.